The monoisotopic (exact) mass is 288 g/mol. The zero-order valence-corrected chi connectivity index (χ0v) is 12.0. The number of nitrogens with zero attached hydrogens (tertiary/aromatic N) is 1. The quantitative estimate of drug-likeness (QED) is 0.868. The van der Waals surface area contributed by atoms with Gasteiger partial charge in [0, 0.05) is 17.8 Å². The van der Waals surface area contributed by atoms with Gasteiger partial charge in [0.2, 0.25) is 0 Å². The van der Waals surface area contributed by atoms with Crippen LogP contribution in [0.15, 0.2) is 30.5 Å². The maximum absolute atomic E-state index is 11.5. The summed E-state index contributed by atoms with van der Waals surface area (Å²) < 4.78 is 15.1. The second kappa shape index (κ2) is 6.13. The largest absolute Gasteiger partial charge is 0.497 e. The first-order valence-corrected chi connectivity index (χ1v) is 6.16. The van der Waals surface area contributed by atoms with Crippen LogP contribution in [0.4, 0.5) is 5.69 Å². The summed E-state index contributed by atoms with van der Waals surface area (Å²) >= 11 is 0. The van der Waals surface area contributed by atoms with E-state index >= 15 is 0 Å². The van der Waals surface area contributed by atoms with E-state index in [1.54, 1.807) is 32.5 Å². The van der Waals surface area contributed by atoms with E-state index in [1.807, 2.05) is 12.1 Å². The Labute approximate surface area is 122 Å². The molecule has 2 N–H and O–H groups in total. The molecule has 0 unspecified atom stereocenters. The van der Waals surface area contributed by atoms with Gasteiger partial charge in [-0.05, 0) is 23.8 Å². The van der Waals surface area contributed by atoms with Gasteiger partial charge in [-0.15, -0.1) is 0 Å². The molecule has 0 spiro atoms. The molecule has 2 aromatic rings. The number of benzene rings is 1. The summed E-state index contributed by atoms with van der Waals surface area (Å²) in [6, 6.07) is 7.09. The highest BCUT2D eigenvalue weighted by atomic mass is 16.5. The van der Waals surface area contributed by atoms with Gasteiger partial charge in [-0.2, -0.15) is 0 Å². The van der Waals surface area contributed by atoms with Gasteiger partial charge in [0.15, 0.2) is 5.69 Å². The van der Waals surface area contributed by atoms with Crippen LogP contribution in [0.2, 0.25) is 0 Å². The van der Waals surface area contributed by atoms with Gasteiger partial charge in [-0.25, -0.2) is 9.78 Å². The van der Waals surface area contributed by atoms with E-state index in [2.05, 4.69) is 9.72 Å². The molecule has 6 nitrogen and oxygen atoms in total. The number of esters is 1. The zero-order valence-electron chi connectivity index (χ0n) is 12.0. The Morgan fingerprint density at radius 2 is 1.62 bits per heavy atom. The second-order valence-electron chi connectivity index (χ2n) is 4.25. The molecule has 0 amide bonds. The lowest BCUT2D eigenvalue weighted by Gasteiger charge is -2.10. The molecule has 0 aliphatic heterocycles. The lowest BCUT2D eigenvalue weighted by atomic mass is 10.1. The van der Waals surface area contributed by atoms with Gasteiger partial charge < -0.3 is 19.9 Å². The number of hydrogen-bond acceptors (Lipinski definition) is 6. The van der Waals surface area contributed by atoms with Crippen LogP contribution in [0.1, 0.15) is 10.5 Å². The summed E-state index contributed by atoms with van der Waals surface area (Å²) in [5.41, 5.74) is 7.76. The summed E-state index contributed by atoms with van der Waals surface area (Å²) in [4.78, 5) is 15.5. The molecule has 6 heteroatoms. The normalized spacial score (nSPS) is 10.0. The third-order valence-electron chi connectivity index (χ3n) is 2.98. The smallest absolute Gasteiger partial charge is 0.358 e. The Balaban J connectivity index is 2.47. The van der Waals surface area contributed by atoms with Crippen molar-refractivity contribution in [1.29, 1.82) is 0 Å². The number of rotatable bonds is 4. The summed E-state index contributed by atoms with van der Waals surface area (Å²) in [6.45, 7) is 0. The van der Waals surface area contributed by atoms with Gasteiger partial charge in [-0.3, -0.25) is 0 Å². The summed E-state index contributed by atoms with van der Waals surface area (Å²) in [7, 11) is 4.43. The molecule has 0 atom stereocenters. The van der Waals surface area contributed by atoms with Gasteiger partial charge in [0.25, 0.3) is 0 Å². The van der Waals surface area contributed by atoms with Crippen LogP contribution in [0.25, 0.3) is 11.1 Å². The molecule has 0 saturated heterocycles. The first-order chi connectivity index (χ1) is 10.1. The molecule has 1 aromatic heterocycles. The van der Waals surface area contributed by atoms with Gasteiger partial charge in [0.1, 0.15) is 11.5 Å². The molecule has 0 aliphatic rings. The van der Waals surface area contributed by atoms with Crippen LogP contribution in [0.3, 0.4) is 0 Å². The van der Waals surface area contributed by atoms with E-state index in [1.165, 1.54) is 7.11 Å². The van der Waals surface area contributed by atoms with Crippen LogP contribution in [0.5, 0.6) is 11.5 Å². The summed E-state index contributed by atoms with van der Waals surface area (Å²) in [5, 5.41) is 0. The summed E-state index contributed by atoms with van der Waals surface area (Å²) in [6.07, 6.45) is 1.55. The van der Waals surface area contributed by atoms with Crippen molar-refractivity contribution in [2.75, 3.05) is 27.1 Å². The van der Waals surface area contributed by atoms with E-state index in [0.29, 0.717) is 11.5 Å². The highest BCUT2D eigenvalue weighted by molar-refractivity contribution is 5.93. The van der Waals surface area contributed by atoms with Crippen molar-refractivity contribution in [3.05, 3.63) is 36.2 Å². The number of carbonyl (C=O) groups excluding carboxylic acids is 1. The molecule has 110 valence electrons. The van der Waals surface area contributed by atoms with Crippen molar-refractivity contribution in [3.8, 4) is 22.6 Å². The zero-order chi connectivity index (χ0) is 15.4. The Morgan fingerprint density at radius 3 is 2.10 bits per heavy atom. The van der Waals surface area contributed by atoms with Crippen LogP contribution in [0, 0.1) is 0 Å². The van der Waals surface area contributed by atoms with Crippen LogP contribution >= 0.6 is 0 Å². The number of nitrogen functional groups attached to an aromatic ring is 1. The predicted octanol–water partition coefficient (Wildman–Crippen LogP) is 2.13. The SMILES string of the molecule is COC(=O)c1ncc(-c2cc(OC)cc(OC)c2)cc1N. The Hall–Kier alpha value is -2.76. The first-order valence-electron chi connectivity index (χ1n) is 6.16. The number of anilines is 1. The number of pyridine rings is 1. The third-order valence-corrected chi connectivity index (χ3v) is 2.98. The number of methoxy groups -OCH3 is 3. The first kappa shape index (κ1) is 14.6. The molecule has 0 fully saturated rings. The molecule has 0 bridgehead atoms. The van der Waals surface area contributed by atoms with Crippen molar-refractivity contribution >= 4 is 11.7 Å². The van der Waals surface area contributed by atoms with Crippen LogP contribution in [-0.4, -0.2) is 32.3 Å². The third kappa shape index (κ3) is 3.05. The highest BCUT2D eigenvalue weighted by Crippen LogP contribution is 2.30. The lowest BCUT2D eigenvalue weighted by Crippen LogP contribution is -2.08. The van der Waals surface area contributed by atoms with Crippen molar-refractivity contribution in [3.63, 3.8) is 0 Å². The minimum absolute atomic E-state index is 0.0936. The molecule has 0 radical (unpaired) electrons. The lowest BCUT2D eigenvalue weighted by molar-refractivity contribution is 0.0595. The molecular weight excluding hydrogens is 272 g/mol. The Bertz CT molecular complexity index is 648. The van der Waals surface area contributed by atoms with Crippen LogP contribution in [-0.2, 0) is 4.74 Å². The van der Waals surface area contributed by atoms with Gasteiger partial charge >= 0.3 is 5.97 Å². The minimum Gasteiger partial charge on any atom is -0.497 e. The second-order valence-corrected chi connectivity index (χ2v) is 4.25. The molecule has 1 aromatic carbocycles. The standard InChI is InChI=1S/C15H16N2O4/c1-19-11-4-9(5-12(7-11)20-2)10-6-13(16)14(17-8-10)15(18)21-3/h4-8H,16H2,1-3H3. The minimum atomic E-state index is -0.567. The molecule has 1 heterocycles. The number of carbonyl (C=O) groups is 1. The van der Waals surface area contributed by atoms with E-state index in [-0.39, 0.29) is 11.4 Å². The number of aromatic nitrogens is 1. The topological polar surface area (TPSA) is 83.7 Å². The van der Waals surface area contributed by atoms with Gasteiger partial charge in [0.05, 0.1) is 27.0 Å². The number of nitrogens with two attached hydrogens (primary N) is 1. The maximum Gasteiger partial charge on any atom is 0.358 e. The highest BCUT2D eigenvalue weighted by Gasteiger charge is 2.13. The van der Waals surface area contributed by atoms with E-state index in [4.69, 9.17) is 15.2 Å². The number of ether oxygens (including phenoxy) is 3. The fourth-order valence-electron chi connectivity index (χ4n) is 1.88. The Morgan fingerprint density at radius 1 is 1.00 bits per heavy atom. The van der Waals surface area contributed by atoms with E-state index in [0.717, 1.165) is 11.1 Å². The van der Waals surface area contributed by atoms with E-state index in [9.17, 15) is 4.79 Å². The average molecular weight is 288 g/mol. The van der Waals surface area contributed by atoms with Crippen molar-refractivity contribution in [2.24, 2.45) is 0 Å². The van der Waals surface area contributed by atoms with E-state index < -0.39 is 5.97 Å². The van der Waals surface area contributed by atoms with Gasteiger partial charge in [-0.1, -0.05) is 0 Å². The summed E-state index contributed by atoms with van der Waals surface area (Å²) in [5.74, 6) is 0.738. The predicted molar refractivity (Wildman–Crippen MR) is 78.5 cm³/mol. The molecular formula is C15H16N2O4. The number of hydrogen-bond donors (Lipinski definition) is 1. The molecule has 0 saturated carbocycles. The van der Waals surface area contributed by atoms with Crippen LogP contribution < -0.4 is 15.2 Å². The fraction of sp³-hybridized carbons (Fsp3) is 0.200. The van der Waals surface area contributed by atoms with Crippen molar-refractivity contribution < 1.29 is 19.0 Å². The fourth-order valence-corrected chi connectivity index (χ4v) is 1.88. The molecule has 21 heavy (non-hydrogen) atoms. The molecule has 2 rings (SSSR count). The van der Waals surface area contributed by atoms with Crippen molar-refractivity contribution in [1.82, 2.24) is 4.98 Å². The Kier molecular flexibility index (Phi) is 4.27. The average Bonchev–Trinajstić information content (AvgIpc) is 2.53. The van der Waals surface area contributed by atoms with Crippen molar-refractivity contribution in [2.45, 2.75) is 0 Å². The molecule has 0 aliphatic carbocycles. The maximum atomic E-state index is 11.5.